The lowest BCUT2D eigenvalue weighted by Crippen LogP contribution is -2.16. The number of nitrogens with zero attached hydrogens (tertiary/aromatic N) is 2. The molecular formula is C14H17N3O2. The number of carboxylic acids is 1. The van der Waals surface area contributed by atoms with Crippen molar-refractivity contribution in [2.45, 2.75) is 20.3 Å². The Hall–Kier alpha value is -2.17. The van der Waals surface area contributed by atoms with E-state index in [4.69, 9.17) is 5.11 Å². The number of carbonyl (C=O) groups is 1. The van der Waals surface area contributed by atoms with E-state index < -0.39 is 5.97 Å². The molecule has 0 saturated carbocycles. The highest BCUT2D eigenvalue weighted by Crippen LogP contribution is 2.16. The van der Waals surface area contributed by atoms with Crippen LogP contribution in [0.2, 0.25) is 0 Å². The molecule has 19 heavy (non-hydrogen) atoms. The number of hydrogen-bond acceptors (Lipinski definition) is 4. The number of benzene rings is 1. The summed E-state index contributed by atoms with van der Waals surface area (Å²) in [5.74, 6) is -0.0169. The Kier molecular flexibility index (Phi) is 3.94. The van der Waals surface area contributed by atoms with Crippen molar-refractivity contribution in [1.82, 2.24) is 9.97 Å². The highest BCUT2D eigenvalue weighted by Gasteiger charge is 2.09. The number of fused-ring (bicyclic) bond motifs is 1. The molecule has 1 unspecified atom stereocenters. The lowest BCUT2D eigenvalue weighted by molar-refractivity contribution is -0.137. The van der Waals surface area contributed by atoms with Gasteiger partial charge in [0.15, 0.2) is 0 Å². The third-order valence-corrected chi connectivity index (χ3v) is 2.89. The molecule has 0 fully saturated rings. The van der Waals surface area contributed by atoms with Crippen LogP contribution in [0.15, 0.2) is 24.3 Å². The maximum absolute atomic E-state index is 10.6. The minimum absolute atomic E-state index is 0.0465. The van der Waals surface area contributed by atoms with Gasteiger partial charge in [-0.3, -0.25) is 4.79 Å². The highest BCUT2D eigenvalue weighted by molar-refractivity contribution is 5.76. The van der Waals surface area contributed by atoms with E-state index in [1.54, 1.807) is 0 Å². The number of para-hydroxylation sites is 2. The van der Waals surface area contributed by atoms with Gasteiger partial charge in [-0.05, 0) is 25.0 Å². The van der Waals surface area contributed by atoms with Crippen molar-refractivity contribution in [1.29, 1.82) is 0 Å². The molecule has 0 radical (unpaired) electrons. The first-order chi connectivity index (χ1) is 9.06. The summed E-state index contributed by atoms with van der Waals surface area (Å²) in [5, 5.41) is 11.9. The molecular weight excluding hydrogens is 242 g/mol. The molecule has 1 atom stereocenters. The van der Waals surface area contributed by atoms with Crippen molar-refractivity contribution >= 4 is 22.8 Å². The zero-order valence-corrected chi connectivity index (χ0v) is 11.1. The zero-order valence-electron chi connectivity index (χ0n) is 11.1. The summed E-state index contributed by atoms with van der Waals surface area (Å²) in [6.45, 7) is 4.36. The molecule has 0 aliphatic rings. The second kappa shape index (κ2) is 5.65. The van der Waals surface area contributed by atoms with Gasteiger partial charge >= 0.3 is 5.97 Å². The van der Waals surface area contributed by atoms with Gasteiger partial charge in [0.2, 0.25) is 0 Å². The number of aliphatic carboxylic acids is 1. The van der Waals surface area contributed by atoms with Gasteiger partial charge < -0.3 is 10.4 Å². The molecule has 2 rings (SSSR count). The van der Waals surface area contributed by atoms with Crippen LogP contribution < -0.4 is 5.32 Å². The molecule has 5 heteroatoms. The van der Waals surface area contributed by atoms with Gasteiger partial charge in [-0.1, -0.05) is 19.1 Å². The van der Waals surface area contributed by atoms with Crippen LogP contribution in [0.3, 0.4) is 0 Å². The van der Waals surface area contributed by atoms with Gasteiger partial charge in [0.05, 0.1) is 16.7 Å². The third kappa shape index (κ3) is 3.40. The Morgan fingerprint density at radius 1 is 1.32 bits per heavy atom. The molecule has 1 aromatic heterocycles. The van der Waals surface area contributed by atoms with Crippen molar-refractivity contribution in [3.63, 3.8) is 0 Å². The average molecular weight is 259 g/mol. The molecule has 0 aliphatic heterocycles. The first-order valence-corrected chi connectivity index (χ1v) is 6.25. The number of nitrogens with one attached hydrogen (secondary N) is 1. The average Bonchev–Trinajstić information content (AvgIpc) is 2.35. The Bertz CT molecular complexity index is 598. The fourth-order valence-electron chi connectivity index (χ4n) is 1.90. The van der Waals surface area contributed by atoms with E-state index in [0.29, 0.717) is 6.54 Å². The van der Waals surface area contributed by atoms with Crippen molar-refractivity contribution in [3.05, 3.63) is 30.0 Å². The molecule has 2 aromatic rings. The fourth-order valence-corrected chi connectivity index (χ4v) is 1.90. The van der Waals surface area contributed by atoms with Crippen molar-refractivity contribution in [3.8, 4) is 0 Å². The summed E-state index contributed by atoms with van der Waals surface area (Å²) < 4.78 is 0. The molecule has 0 bridgehead atoms. The Balaban J connectivity index is 2.12. The van der Waals surface area contributed by atoms with Crippen LogP contribution in [0, 0.1) is 12.8 Å². The van der Waals surface area contributed by atoms with E-state index in [1.165, 1.54) is 0 Å². The first kappa shape index (κ1) is 13.3. The lowest BCUT2D eigenvalue weighted by Gasteiger charge is -2.12. The second-order valence-electron chi connectivity index (χ2n) is 4.73. The highest BCUT2D eigenvalue weighted by atomic mass is 16.4. The normalized spacial score (nSPS) is 12.3. The molecule has 0 amide bonds. The lowest BCUT2D eigenvalue weighted by atomic mass is 10.1. The first-order valence-electron chi connectivity index (χ1n) is 6.25. The van der Waals surface area contributed by atoms with Crippen molar-refractivity contribution < 1.29 is 9.90 Å². The van der Waals surface area contributed by atoms with Gasteiger partial charge in [0.1, 0.15) is 5.82 Å². The minimum Gasteiger partial charge on any atom is -0.481 e. The SMILES string of the molecule is Cc1nc2ccccc2nc1NCC(C)CC(=O)O. The van der Waals surface area contributed by atoms with Crippen LogP contribution in [-0.4, -0.2) is 27.6 Å². The van der Waals surface area contributed by atoms with Gasteiger partial charge in [-0.15, -0.1) is 0 Å². The van der Waals surface area contributed by atoms with E-state index in [2.05, 4.69) is 15.3 Å². The van der Waals surface area contributed by atoms with Crippen LogP contribution >= 0.6 is 0 Å². The van der Waals surface area contributed by atoms with Crippen molar-refractivity contribution in [2.75, 3.05) is 11.9 Å². The predicted molar refractivity (Wildman–Crippen MR) is 74.2 cm³/mol. The van der Waals surface area contributed by atoms with E-state index >= 15 is 0 Å². The molecule has 0 saturated heterocycles. The summed E-state index contributed by atoms with van der Waals surface area (Å²) >= 11 is 0. The number of carboxylic acid groups (broad SMARTS) is 1. The van der Waals surface area contributed by atoms with Crippen LogP contribution in [0.1, 0.15) is 19.0 Å². The molecule has 1 heterocycles. The summed E-state index contributed by atoms with van der Waals surface area (Å²) in [6, 6.07) is 7.68. The van der Waals surface area contributed by atoms with Gasteiger partial charge in [0, 0.05) is 13.0 Å². The maximum Gasteiger partial charge on any atom is 0.303 e. The minimum atomic E-state index is -0.782. The number of aromatic nitrogens is 2. The molecule has 5 nitrogen and oxygen atoms in total. The van der Waals surface area contributed by atoms with Gasteiger partial charge in [0.25, 0.3) is 0 Å². The van der Waals surface area contributed by atoms with Crippen LogP contribution in [0.25, 0.3) is 11.0 Å². The van der Waals surface area contributed by atoms with Crippen LogP contribution in [-0.2, 0) is 4.79 Å². The molecule has 1 aromatic carbocycles. The second-order valence-corrected chi connectivity index (χ2v) is 4.73. The Morgan fingerprint density at radius 2 is 1.95 bits per heavy atom. The number of hydrogen-bond donors (Lipinski definition) is 2. The number of anilines is 1. The Labute approximate surface area is 111 Å². The quantitative estimate of drug-likeness (QED) is 0.862. The van der Waals surface area contributed by atoms with Crippen LogP contribution in [0.5, 0.6) is 0 Å². The molecule has 2 N–H and O–H groups in total. The number of aryl methyl sites for hydroxylation is 1. The largest absolute Gasteiger partial charge is 0.481 e. The summed E-state index contributed by atoms with van der Waals surface area (Å²) in [5.41, 5.74) is 2.52. The van der Waals surface area contributed by atoms with E-state index in [9.17, 15) is 4.79 Å². The third-order valence-electron chi connectivity index (χ3n) is 2.89. The maximum atomic E-state index is 10.6. The predicted octanol–water partition coefficient (Wildman–Crippen LogP) is 2.46. The molecule has 0 spiro atoms. The standard InChI is InChI=1S/C14H17N3O2/c1-9(7-13(18)19)8-15-14-10(2)16-11-5-3-4-6-12(11)17-14/h3-6,9H,7-8H2,1-2H3,(H,15,17)(H,18,19). The smallest absolute Gasteiger partial charge is 0.303 e. The number of rotatable bonds is 5. The summed E-state index contributed by atoms with van der Waals surface area (Å²) in [4.78, 5) is 19.6. The van der Waals surface area contributed by atoms with Crippen molar-refractivity contribution in [2.24, 2.45) is 5.92 Å². The molecule has 0 aliphatic carbocycles. The van der Waals surface area contributed by atoms with Crippen LogP contribution in [0.4, 0.5) is 5.82 Å². The van der Waals surface area contributed by atoms with E-state index in [-0.39, 0.29) is 12.3 Å². The monoisotopic (exact) mass is 259 g/mol. The summed E-state index contributed by atoms with van der Waals surface area (Å²) in [7, 11) is 0. The fraction of sp³-hybridized carbons (Fsp3) is 0.357. The van der Waals surface area contributed by atoms with Gasteiger partial charge in [-0.25, -0.2) is 9.97 Å². The Morgan fingerprint density at radius 3 is 2.58 bits per heavy atom. The van der Waals surface area contributed by atoms with Gasteiger partial charge in [-0.2, -0.15) is 0 Å². The van der Waals surface area contributed by atoms with E-state index in [0.717, 1.165) is 22.5 Å². The molecule has 100 valence electrons. The van der Waals surface area contributed by atoms with E-state index in [1.807, 2.05) is 38.1 Å². The zero-order chi connectivity index (χ0) is 13.8. The topological polar surface area (TPSA) is 75.1 Å². The summed E-state index contributed by atoms with van der Waals surface area (Å²) in [6.07, 6.45) is 0.146.